The fraction of sp³-hybridized carbons (Fsp3) is 0.174. The molecule has 3 aromatic heterocycles. The minimum Gasteiger partial charge on any atom is -0.435 e. The Kier molecular flexibility index (Phi) is 5.45. The van der Waals surface area contributed by atoms with Crippen molar-refractivity contribution in [2.75, 3.05) is 0 Å². The normalized spacial score (nSPS) is 11.5. The number of nitrogens with zero attached hydrogens (tertiary/aromatic N) is 3. The highest BCUT2D eigenvalue weighted by Crippen LogP contribution is 2.30. The molecular formula is C23H22N4O4S. The number of rotatable bonds is 3. The SMILES string of the molecule is CC(C)(C)OC(=O)[n+]1cc([C-](O)c2c[s+][c-](-c3cccnc3)[n+]2C(N)=O)c2cccc[c-]21. The smallest absolute Gasteiger partial charge is 0.435 e. The van der Waals surface area contributed by atoms with Gasteiger partial charge in [0.15, 0.2) is 16.7 Å². The first-order valence-corrected chi connectivity index (χ1v) is 10.7. The molecule has 0 aliphatic carbocycles. The standard InChI is InChI=1S/C23H22N4O4S/c1-23(2,3)31-22(30)26-12-16(15-8-4-5-9-17(15)26)19(28)18-13-32-20(27(18)21(24)29)14-7-6-10-25-11-14/h4-13,28H,1-3H3,(H2,24,29). The van der Waals surface area contributed by atoms with E-state index < -0.39 is 17.7 Å². The second kappa shape index (κ2) is 8.10. The fourth-order valence-corrected chi connectivity index (χ4v) is 4.35. The molecule has 0 fully saturated rings. The summed E-state index contributed by atoms with van der Waals surface area (Å²) >= 11 is 1.25. The molecular weight excluding hydrogens is 428 g/mol. The third-order valence-electron chi connectivity index (χ3n) is 4.65. The lowest BCUT2D eigenvalue weighted by atomic mass is 10.1. The number of fused-ring (bicyclic) bond motifs is 1. The number of aliphatic hydroxyl groups is 1. The summed E-state index contributed by atoms with van der Waals surface area (Å²) in [5.74, 6) is 0. The average Bonchev–Trinajstić information content (AvgIpc) is 3.35. The van der Waals surface area contributed by atoms with Crippen molar-refractivity contribution in [3.05, 3.63) is 77.7 Å². The van der Waals surface area contributed by atoms with Crippen LogP contribution in [0.3, 0.4) is 0 Å². The van der Waals surface area contributed by atoms with Gasteiger partial charge in [-0.3, -0.25) is 10.7 Å². The van der Waals surface area contributed by atoms with Gasteiger partial charge in [0.2, 0.25) is 0 Å². The number of aliphatic hydroxyl groups excluding tert-OH is 1. The van der Waals surface area contributed by atoms with Crippen molar-refractivity contribution in [2.24, 2.45) is 5.73 Å². The zero-order valence-electron chi connectivity index (χ0n) is 17.8. The van der Waals surface area contributed by atoms with Crippen LogP contribution in [0.5, 0.6) is 0 Å². The van der Waals surface area contributed by atoms with Crippen molar-refractivity contribution in [3.8, 4) is 10.6 Å². The zero-order chi connectivity index (χ0) is 23.0. The van der Waals surface area contributed by atoms with Crippen LogP contribution in [-0.2, 0) is 4.74 Å². The Morgan fingerprint density at radius 1 is 1.25 bits per heavy atom. The molecule has 164 valence electrons. The van der Waals surface area contributed by atoms with Gasteiger partial charge in [-0.05, 0) is 33.1 Å². The number of aromatic nitrogens is 3. The Morgan fingerprint density at radius 2 is 2.03 bits per heavy atom. The predicted octanol–water partition coefficient (Wildman–Crippen LogP) is 3.27. The highest BCUT2D eigenvalue weighted by Gasteiger charge is 2.30. The molecule has 0 aliphatic heterocycles. The summed E-state index contributed by atoms with van der Waals surface area (Å²) < 4.78 is 8.08. The molecule has 3 N–H and O–H groups in total. The number of nitrogens with two attached hydrogens (primary N) is 1. The molecule has 8 nitrogen and oxygen atoms in total. The first kappa shape index (κ1) is 21.5. The van der Waals surface area contributed by atoms with Gasteiger partial charge >= 0.3 is 17.1 Å². The molecule has 1 amide bonds. The van der Waals surface area contributed by atoms with Crippen molar-refractivity contribution in [2.45, 2.75) is 26.4 Å². The van der Waals surface area contributed by atoms with Gasteiger partial charge in [0.1, 0.15) is 11.1 Å². The molecule has 0 radical (unpaired) electrons. The summed E-state index contributed by atoms with van der Waals surface area (Å²) in [5, 5.41) is 14.0. The van der Waals surface area contributed by atoms with Crippen LogP contribution in [0.25, 0.3) is 21.5 Å². The molecule has 0 spiro atoms. The van der Waals surface area contributed by atoms with Crippen molar-refractivity contribution in [1.29, 1.82) is 0 Å². The molecule has 0 saturated heterocycles. The molecule has 4 rings (SSSR count). The van der Waals surface area contributed by atoms with Gasteiger partial charge in [-0.25, -0.2) is 9.59 Å². The lowest BCUT2D eigenvalue weighted by Gasteiger charge is -2.18. The van der Waals surface area contributed by atoms with E-state index in [0.717, 1.165) is 0 Å². The van der Waals surface area contributed by atoms with E-state index in [0.29, 0.717) is 27.0 Å². The van der Waals surface area contributed by atoms with Crippen LogP contribution in [0, 0.1) is 6.10 Å². The fourth-order valence-electron chi connectivity index (χ4n) is 3.36. The van der Waals surface area contributed by atoms with Crippen molar-refractivity contribution in [1.82, 2.24) is 4.98 Å². The predicted molar refractivity (Wildman–Crippen MR) is 117 cm³/mol. The van der Waals surface area contributed by atoms with Gasteiger partial charge in [0.05, 0.1) is 11.9 Å². The Labute approximate surface area is 188 Å². The second-order valence-electron chi connectivity index (χ2n) is 8.10. The Hall–Kier alpha value is -3.69. The number of carbonyl (C=O) groups is 2. The maximum absolute atomic E-state index is 12.8. The number of primary amides is 1. The van der Waals surface area contributed by atoms with Crippen LogP contribution in [0.4, 0.5) is 9.59 Å². The summed E-state index contributed by atoms with van der Waals surface area (Å²) in [7, 11) is 0. The third-order valence-corrected chi connectivity index (χ3v) is 5.64. The molecule has 0 saturated carbocycles. The maximum atomic E-state index is 12.8. The summed E-state index contributed by atoms with van der Waals surface area (Å²) in [6.45, 7) is 5.34. The number of hydrogen-bond acceptors (Lipinski definition) is 5. The van der Waals surface area contributed by atoms with Gasteiger partial charge in [-0.15, -0.1) is 23.6 Å². The number of ether oxygens (including phenoxy) is 1. The second-order valence-corrected chi connectivity index (χ2v) is 8.96. The summed E-state index contributed by atoms with van der Waals surface area (Å²) in [6, 6.07) is 9.93. The molecule has 0 unspecified atom stereocenters. The Balaban J connectivity index is 1.84. The average molecular weight is 451 g/mol. The minimum absolute atomic E-state index is 0.186. The van der Waals surface area contributed by atoms with Crippen molar-refractivity contribution in [3.63, 3.8) is 0 Å². The molecule has 32 heavy (non-hydrogen) atoms. The summed E-state index contributed by atoms with van der Waals surface area (Å²) in [4.78, 5) is 29.2. The quantitative estimate of drug-likeness (QED) is 0.283. The Morgan fingerprint density at radius 3 is 2.69 bits per heavy atom. The van der Waals surface area contributed by atoms with E-state index >= 15 is 0 Å². The van der Waals surface area contributed by atoms with Gasteiger partial charge in [-0.1, -0.05) is 23.8 Å². The maximum Gasteiger partial charge on any atom is 0.544 e. The monoisotopic (exact) mass is 450 g/mol. The van der Waals surface area contributed by atoms with E-state index in [9.17, 15) is 14.7 Å². The van der Waals surface area contributed by atoms with Crippen LogP contribution in [0.1, 0.15) is 32.0 Å². The van der Waals surface area contributed by atoms with Gasteiger partial charge < -0.3 is 9.84 Å². The lowest BCUT2D eigenvalue weighted by molar-refractivity contribution is -0.563. The molecule has 0 aliphatic rings. The zero-order valence-corrected chi connectivity index (χ0v) is 18.6. The first-order valence-electron chi connectivity index (χ1n) is 9.81. The van der Waals surface area contributed by atoms with E-state index in [-0.39, 0.29) is 11.8 Å². The van der Waals surface area contributed by atoms with Crippen molar-refractivity contribution >= 4 is 34.4 Å². The largest absolute Gasteiger partial charge is 0.544 e. The highest BCUT2D eigenvalue weighted by atomic mass is 32.1. The van der Waals surface area contributed by atoms with E-state index in [1.165, 1.54) is 26.7 Å². The van der Waals surface area contributed by atoms with E-state index in [4.69, 9.17) is 10.5 Å². The van der Waals surface area contributed by atoms with Gasteiger partial charge in [-0.2, -0.15) is 9.13 Å². The van der Waals surface area contributed by atoms with E-state index in [2.05, 4.69) is 4.98 Å². The number of hydrogen-bond donors (Lipinski definition) is 2. The number of para-hydroxylation sites is 1. The lowest BCUT2D eigenvalue weighted by Crippen LogP contribution is -2.51. The molecule has 1 aromatic carbocycles. The summed E-state index contributed by atoms with van der Waals surface area (Å²) in [5.41, 5.74) is 6.81. The van der Waals surface area contributed by atoms with Crippen LogP contribution >= 0.6 is 11.3 Å². The number of carbonyl (C=O) groups excluding carboxylic acids is 2. The molecule has 0 atom stereocenters. The molecule has 9 heteroatoms. The number of amides is 1. The minimum atomic E-state index is -0.748. The first-order chi connectivity index (χ1) is 15.2. The number of pyridine rings is 1. The van der Waals surface area contributed by atoms with Crippen molar-refractivity contribution < 1.29 is 28.6 Å². The molecule has 0 bridgehead atoms. The number of benzene rings is 1. The third kappa shape index (κ3) is 3.95. The van der Waals surface area contributed by atoms with Crippen LogP contribution < -0.4 is 14.9 Å². The van der Waals surface area contributed by atoms with E-state index in [1.807, 2.05) is 0 Å². The van der Waals surface area contributed by atoms with Gasteiger partial charge in [0, 0.05) is 11.8 Å². The Bertz CT molecular complexity index is 1300. The molecule has 4 aromatic rings. The highest BCUT2D eigenvalue weighted by molar-refractivity contribution is 7.12. The van der Waals surface area contributed by atoms with E-state index in [1.54, 1.807) is 74.9 Å². The summed E-state index contributed by atoms with van der Waals surface area (Å²) in [6.07, 6.45) is 3.98. The van der Waals surface area contributed by atoms with Crippen LogP contribution in [-0.4, -0.2) is 27.8 Å². The topological polar surface area (TPSA) is 110 Å². The molecule has 3 heterocycles. The van der Waals surface area contributed by atoms with Crippen LogP contribution in [0.2, 0.25) is 0 Å². The number of thiazole rings is 1. The van der Waals surface area contributed by atoms with Crippen LogP contribution in [0.15, 0.2) is 60.4 Å². The van der Waals surface area contributed by atoms with Gasteiger partial charge in [0.25, 0.3) is 0 Å².